The number of nitrogens with zero attached hydrogens (tertiary/aromatic N) is 1. The number of carboxylic acids is 1. The smallest absolute Gasteiger partial charge is 0.0780 e. The van der Waals surface area contributed by atoms with Crippen molar-refractivity contribution in [1.29, 1.82) is 0 Å². The number of quaternary nitrogens is 1. The van der Waals surface area contributed by atoms with Crippen LogP contribution >= 0.6 is 0 Å². The molecule has 0 aromatic rings. The van der Waals surface area contributed by atoms with Gasteiger partial charge in [-0.25, -0.2) is 0 Å². The maximum atomic E-state index is 9.26. The van der Waals surface area contributed by atoms with E-state index in [0.29, 0.717) is 0 Å². The van der Waals surface area contributed by atoms with Gasteiger partial charge in [0.05, 0.1) is 27.7 Å². The van der Waals surface area contributed by atoms with Crippen LogP contribution < -0.4 is 5.11 Å². The van der Waals surface area contributed by atoms with Gasteiger partial charge < -0.3 is 14.4 Å². The lowest BCUT2D eigenvalue weighted by molar-refractivity contribution is -0.870. The molecule has 0 saturated heterocycles. The molecule has 0 spiro atoms. The van der Waals surface area contributed by atoms with Gasteiger partial charge in [0.25, 0.3) is 0 Å². The van der Waals surface area contributed by atoms with E-state index in [1.165, 1.54) is 32.7 Å². The van der Waals surface area contributed by atoms with E-state index in [2.05, 4.69) is 28.1 Å². The topological polar surface area (TPSA) is 40.1 Å². The Kier molecular flexibility index (Phi) is 10.2. The van der Waals surface area contributed by atoms with E-state index >= 15 is 0 Å². The SMILES string of the molecule is CCC(=O)[O-].CCCCC[N+](C)(C)C. The van der Waals surface area contributed by atoms with Gasteiger partial charge in [0.2, 0.25) is 0 Å². The van der Waals surface area contributed by atoms with Gasteiger partial charge in [-0.1, -0.05) is 20.3 Å². The number of unbranched alkanes of at least 4 members (excludes halogenated alkanes) is 2. The Hall–Kier alpha value is -0.570. The number of hydrogen-bond donors (Lipinski definition) is 0. The number of carboxylic acid groups (broad SMARTS) is 1. The van der Waals surface area contributed by atoms with Crippen LogP contribution in [-0.2, 0) is 4.79 Å². The number of carbonyl (C=O) groups is 1. The first-order valence-electron chi connectivity index (χ1n) is 5.33. The van der Waals surface area contributed by atoms with Crippen LogP contribution in [-0.4, -0.2) is 38.1 Å². The molecule has 0 saturated carbocycles. The van der Waals surface area contributed by atoms with Crippen molar-refractivity contribution >= 4 is 5.97 Å². The Labute approximate surface area is 88.3 Å². The second-order valence-electron chi connectivity index (χ2n) is 4.45. The summed E-state index contributed by atoms with van der Waals surface area (Å²) in [6, 6.07) is 0. The second kappa shape index (κ2) is 9.00. The van der Waals surface area contributed by atoms with Crippen molar-refractivity contribution in [2.24, 2.45) is 0 Å². The lowest BCUT2D eigenvalue weighted by Crippen LogP contribution is -2.35. The van der Waals surface area contributed by atoms with Crippen LogP contribution in [0.4, 0.5) is 0 Å². The Morgan fingerprint density at radius 1 is 1.14 bits per heavy atom. The predicted octanol–water partition coefficient (Wildman–Crippen LogP) is 1.03. The fourth-order valence-electron chi connectivity index (χ4n) is 0.836. The normalized spacial score (nSPS) is 10.4. The molecule has 0 unspecified atom stereocenters. The quantitative estimate of drug-likeness (QED) is 0.494. The van der Waals surface area contributed by atoms with Crippen molar-refractivity contribution in [2.75, 3.05) is 27.7 Å². The molecule has 86 valence electrons. The van der Waals surface area contributed by atoms with Crippen molar-refractivity contribution in [2.45, 2.75) is 39.5 Å². The Bertz CT molecular complexity index is 139. The predicted molar refractivity (Wildman–Crippen MR) is 57.7 cm³/mol. The van der Waals surface area contributed by atoms with Gasteiger partial charge in [0.1, 0.15) is 0 Å². The van der Waals surface area contributed by atoms with Crippen LogP contribution in [0.15, 0.2) is 0 Å². The lowest BCUT2D eigenvalue weighted by Gasteiger charge is -2.23. The summed E-state index contributed by atoms with van der Waals surface area (Å²) < 4.78 is 1.11. The molecule has 0 aromatic carbocycles. The van der Waals surface area contributed by atoms with Crippen molar-refractivity contribution in [3.05, 3.63) is 0 Å². The molecule has 0 radical (unpaired) electrons. The van der Waals surface area contributed by atoms with E-state index in [9.17, 15) is 9.90 Å². The molecular formula is C11H25NO2. The molecule has 0 atom stereocenters. The van der Waals surface area contributed by atoms with Gasteiger partial charge >= 0.3 is 0 Å². The standard InChI is InChI=1S/C8H20N.C3H6O2/c1-5-6-7-8-9(2,3)4;1-2-3(4)5/h5-8H2,1-4H3;2H2,1H3,(H,4,5)/q+1;/p-1. The van der Waals surface area contributed by atoms with E-state index in [0.717, 1.165) is 4.48 Å². The summed E-state index contributed by atoms with van der Waals surface area (Å²) in [5.41, 5.74) is 0. The summed E-state index contributed by atoms with van der Waals surface area (Å²) in [4.78, 5) is 9.26. The van der Waals surface area contributed by atoms with Crippen LogP contribution in [0.25, 0.3) is 0 Å². The van der Waals surface area contributed by atoms with Crippen LogP contribution in [0, 0.1) is 0 Å². The van der Waals surface area contributed by atoms with Crippen molar-refractivity contribution in [3.8, 4) is 0 Å². The van der Waals surface area contributed by atoms with Gasteiger partial charge in [-0.15, -0.1) is 0 Å². The molecule has 0 heterocycles. The summed E-state index contributed by atoms with van der Waals surface area (Å²) in [5.74, 6) is -0.995. The van der Waals surface area contributed by atoms with Gasteiger partial charge in [0, 0.05) is 5.97 Å². The Morgan fingerprint density at radius 3 is 1.79 bits per heavy atom. The summed E-state index contributed by atoms with van der Waals surface area (Å²) in [5, 5.41) is 9.26. The van der Waals surface area contributed by atoms with Crippen LogP contribution in [0.2, 0.25) is 0 Å². The number of carbonyl (C=O) groups excluding carboxylic acids is 1. The lowest BCUT2D eigenvalue weighted by atomic mass is 10.2. The van der Waals surface area contributed by atoms with Crippen LogP contribution in [0.5, 0.6) is 0 Å². The average molecular weight is 203 g/mol. The third-order valence-electron chi connectivity index (χ3n) is 1.72. The van der Waals surface area contributed by atoms with Gasteiger partial charge in [-0.3, -0.25) is 0 Å². The average Bonchev–Trinajstić information content (AvgIpc) is 2.04. The molecular weight excluding hydrogens is 178 g/mol. The summed E-state index contributed by atoms with van der Waals surface area (Å²) in [7, 11) is 6.74. The maximum Gasteiger partial charge on any atom is 0.0780 e. The Morgan fingerprint density at radius 2 is 1.57 bits per heavy atom. The molecule has 0 bridgehead atoms. The molecule has 0 aliphatic carbocycles. The zero-order chi connectivity index (χ0) is 11.6. The zero-order valence-corrected chi connectivity index (χ0v) is 10.3. The van der Waals surface area contributed by atoms with Crippen molar-refractivity contribution in [1.82, 2.24) is 0 Å². The van der Waals surface area contributed by atoms with Crippen LogP contribution in [0.1, 0.15) is 39.5 Å². The highest BCUT2D eigenvalue weighted by atomic mass is 16.4. The highest BCUT2D eigenvalue weighted by molar-refractivity contribution is 5.63. The van der Waals surface area contributed by atoms with E-state index in [-0.39, 0.29) is 6.42 Å². The molecule has 3 heteroatoms. The minimum atomic E-state index is -0.995. The first-order valence-corrected chi connectivity index (χ1v) is 5.33. The molecule has 0 aromatic heterocycles. The molecule has 0 fully saturated rings. The number of rotatable bonds is 5. The fourth-order valence-corrected chi connectivity index (χ4v) is 0.836. The zero-order valence-electron chi connectivity index (χ0n) is 10.3. The monoisotopic (exact) mass is 203 g/mol. The van der Waals surface area contributed by atoms with Crippen molar-refractivity contribution in [3.63, 3.8) is 0 Å². The first-order chi connectivity index (χ1) is 6.33. The molecule has 14 heavy (non-hydrogen) atoms. The minimum absolute atomic E-state index is 0.111. The molecule has 0 rings (SSSR count). The van der Waals surface area contributed by atoms with E-state index in [4.69, 9.17) is 0 Å². The van der Waals surface area contributed by atoms with Gasteiger partial charge in [-0.05, 0) is 19.3 Å². The van der Waals surface area contributed by atoms with E-state index in [1.54, 1.807) is 0 Å². The number of aliphatic carboxylic acids is 1. The molecule has 3 nitrogen and oxygen atoms in total. The summed E-state index contributed by atoms with van der Waals surface area (Å²) in [6.45, 7) is 5.10. The second-order valence-corrected chi connectivity index (χ2v) is 4.45. The largest absolute Gasteiger partial charge is 0.550 e. The molecule has 0 aliphatic heterocycles. The summed E-state index contributed by atoms with van der Waals surface area (Å²) in [6.07, 6.45) is 4.20. The first kappa shape index (κ1) is 15.9. The number of hydrogen-bond acceptors (Lipinski definition) is 2. The summed E-state index contributed by atoms with van der Waals surface area (Å²) >= 11 is 0. The maximum absolute atomic E-state index is 9.26. The van der Waals surface area contributed by atoms with Gasteiger partial charge in [0.15, 0.2) is 0 Å². The molecule has 0 N–H and O–H groups in total. The van der Waals surface area contributed by atoms with E-state index in [1.807, 2.05) is 0 Å². The third kappa shape index (κ3) is 22.5. The third-order valence-corrected chi connectivity index (χ3v) is 1.72. The van der Waals surface area contributed by atoms with Crippen molar-refractivity contribution < 1.29 is 14.4 Å². The minimum Gasteiger partial charge on any atom is -0.550 e. The van der Waals surface area contributed by atoms with Crippen LogP contribution in [0.3, 0.4) is 0 Å². The molecule has 0 amide bonds. The van der Waals surface area contributed by atoms with Gasteiger partial charge in [-0.2, -0.15) is 0 Å². The highest BCUT2D eigenvalue weighted by Crippen LogP contribution is 1.98. The molecule has 0 aliphatic rings. The highest BCUT2D eigenvalue weighted by Gasteiger charge is 2.03. The van der Waals surface area contributed by atoms with E-state index < -0.39 is 5.97 Å². The fraction of sp³-hybridized carbons (Fsp3) is 0.909. The Balaban J connectivity index is 0.